The molecular formula is C7H13NO2. The van der Waals surface area contributed by atoms with E-state index in [2.05, 4.69) is 0 Å². The second-order valence-corrected chi connectivity index (χ2v) is 2.97. The van der Waals surface area contributed by atoms with Gasteiger partial charge in [0.1, 0.15) is 6.04 Å². The molecule has 1 atom stereocenters. The van der Waals surface area contributed by atoms with Gasteiger partial charge in [0, 0.05) is 0 Å². The summed E-state index contributed by atoms with van der Waals surface area (Å²) in [5, 5.41) is 8.39. The zero-order chi connectivity index (χ0) is 7.56. The van der Waals surface area contributed by atoms with E-state index < -0.39 is 12.0 Å². The lowest BCUT2D eigenvalue weighted by atomic mass is 10.1. The predicted molar refractivity (Wildman–Crippen MR) is 37.6 cm³/mol. The minimum atomic E-state index is -0.874. The van der Waals surface area contributed by atoms with Crippen LogP contribution < -0.4 is 5.73 Å². The minimum Gasteiger partial charge on any atom is -0.480 e. The average Bonchev–Trinajstić information content (AvgIpc) is 2.64. The summed E-state index contributed by atoms with van der Waals surface area (Å²) in [5.74, 6) is -0.0916. The molecule has 3 N–H and O–H groups in total. The molecule has 1 fully saturated rings. The molecule has 1 rings (SSSR count). The third-order valence-electron chi connectivity index (χ3n) is 1.90. The molecule has 3 heteroatoms. The van der Waals surface area contributed by atoms with Crippen molar-refractivity contribution in [2.24, 2.45) is 11.7 Å². The molecule has 0 aliphatic heterocycles. The topological polar surface area (TPSA) is 63.3 Å². The normalized spacial score (nSPS) is 20.5. The van der Waals surface area contributed by atoms with Crippen LogP contribution in [0.5, 0.6) is 0 Å². The van der Waals surface area contributed by atoms with E-state index in [0.29, 0.717) is 6.42 Å². The molecular weight excluding hydrogens is 130 g/mol. The smallest absolute Gasteiger partial charge is 0.320 e. The maximum Gasteiger partial charge on any atom is 0.320 e. The monoisotopic (exact) mass is 143 g/mol. The number of hydrogen-bond donors (Lipinski definition) is 2. The van der Waals surface area contributed by atoms with Crippen LogP contribution in [0.25, 0.3) is 0 Å². The second-order valence-electron chi connectivity index (χ2n) is 2.97. The molecule has 0 saturated heterocycles. The Morgan fingerprint density at radius 1 is 1.70 bits per heavy atom. The van der Waals surface area contributed by atoms with Gasteiger partial charge < -0.3 is 10.8 Å². The third kappa shape index (κ3) is 2.35. The number of rotatable bonds is 4. The summed E-state index contributed by atoms with van der Waals surface area (Å²) in [7, 11) is 0. The van der Waals surface area contributed by atoms with Crippen LogP contribution in [0.1, 0.15) is 25.7 Å². The quantitative estimate of drug-likeness (QED) is 0.605. The van der Waals surface area contributed by atoms with Crippen molar-refractivity contribution in [3.05, 3.63) is 0 Å². The van der Waals surface area contributed by atoms with Crippen molar-refractivity contribution in [1.29, 1.82) is 0 Å². The molecule has 0 heterocycles. The molecule has 3 nitrogen and oxygen atoms in total. The van der Waals surface area contributed by atoms with Gasteiger partial charge in [-0.1, -0.05) is 12.8 Å². The van der Waals surface area contributed by atoms with Crippen molar-refractivity contribution in [3.63, 3.8) is 0 Å². The number of carbonyl (C=O) groups is 1. The van der Waals surface area contributed by atoms with Crippen molar-refractivity contribution >= 4 is 5.97 Å². The van der Waals surface area contributed by atoms with Crippen molar-refractivity contribution in [2.75, 3.05) is 0 Å². The van der Waals surface area contributed by atoms with Crippen molar-refractivity contribution in [1.82, 2.24) is 0 Å². The van der Waals surface area contributed by atoms with Gasteiger partial charge in [-0.15, -0.1) is 0 Å². The highest BCUT2D eigenvalue weighted by molar-refractivity contribution is 5.72. The van der Waals surface area contributed by atoms with Crippen LogP contribution in [0.2, 0.25) is 0 Å². The molecule has 0 aromatic rings. The van der Waals surface area contributed by atoms with Gasteiger partial charge in [-0.25, -0.2) is 0 Å². The summed E-state index contributed by atoms with van der Waals surface area (Å²) < 4.78 is 0. The van der Waals surface area contributed by atoms with Crippen LogP contribution >= 0.6 is 0 Å². The summed E-state index contributed by atoms with van der Waals surface area (Å²) in [6, 6.07) is -0.638. The van der Waals surface area contributed by atoms with Crippen molar-refractivity contribution in [2.45, 2.75) is 31.7 Å². The fourth-order valence-corrected chi connectivity index (χ4v) is 0.945. The standard InChI is InChI=1S/C7H13NO2/c8-6(7(9)10)4-3-5-1-2-5/h5-6H,1-4,8H2,(H,9,10)/t6-/m0/s1. The Kier molecular flexibility index (Phi) is 2.27. The van der Waals surface area contributed by atoms with E-state index in [0.717, 1.165) is 12.3 Å². The predicted octanol–water partition coefficient (Wildman–Crippen LogP) is 0.588. The van der Waals surface area contributed by atoms with Crippen LogP contribution in [-0.4, -0.2) is 17.1 Å². The molecule has 0 bridgehead atoms. The van der Waals surface area contributed by atoms with E-state index in [4.69, 9.17) is 10.8 Å². The zero-order valence-electron chi connectivity index (χ0n) is 5.92. The molecule has 0 amide bonds. The first-order valence-electron chi connectivity index (χ1n) is 3.68. The van der Waals surface area contributed by atoms with E-state index in [1.54, 1.807) is 0 Å². The maximum absolute atomic E-state index is 10.2. The molecule has 0 aromatic heterocycles. The number of aliphatic carboxylic acids is 1. The highest BCUT2D eigenvalue weighted by Gasteiger charge is 2.23. The summed E-state index contributed by atoms with van der Waals surface area (Å²) in [5.41, 5.74) is 5.29. The molecule has 0 radical (unpaired) electrons. The van der Waals surface area contributed by atoms with E-state index in [1.807, 2.05) is 0 Å². The van der Waals surface area contributed by atoms with Gasteiger partial charge >= 0.3 is 5.97 Å². The molecule has 0 unspecified atom stereocenters. The number of carboxylic acids is 1. The average molecular weight is 143 g/mol. The lowest BCUT2D eigenvalue weighted by molar-refractivity contribution is -0.138. The fourth-order valence-electron chi connectivity index (χ4n) is 0.945. The van der Waals surface area contributed by atoms with Gasteiger partial charge in [0.2, 0.25) is 0 Å². The Bertz CT molecular complexity index is 132. The van der Waals surface area contributed by atoms with Crippen LogP contribution in [0, 0.1) is 5.92 Å². The minimum absolute atomic E-state index is 0.638. The first kappa shape index (κ1) is 7.54. The summed E-state index contributed by atoms with van der Waals surface area (Å²) in [4.78, 5) is 10.2. The summed E-state index contributed by atoms with van der Waals surface area (Å²) >= 11 is 0. The summed E-state index contributed by atoms with van der Waals surface area (Å²) in [6.45, 7) is 0. The first-order chi connectivity index (χ1) is 4.70. The van der Waals surface area contributed by atoms with Crippen molar-refractivity contribution < 1.29 is 9.90 Å². The second kappa shape index (κ2) is 3.01. The largest absolute Gasteiger partial charge is 0.480 e. The first-order valence-corrected chi connectivity index (χ1v) is 3.68. The molecule has 10 heavy (non-hydrogen) atoms. The van der Waals surface area contributed by atoms with E-state index in [-0.39, 0.29) is 0 Å². The molecule has 1 aliphatic rings. The van der Waals surface area contributed by atoms with Crippen LogP contribution in [-0.2, 0) is 4.79 Å². The number of hydrogen-bond acceptors (Lipinski definition) is 2. The van der Waals surface area contributed by atoms with Gasteiger partial charge in [-0.2, -0.15) is 0 Å². The van der Waals surface area contributed by atoms with Gasteiger partial charge in [-0.05, 0) is 18.8 Å². The van der Waals surface area contributed by atoms with E-state index >= 15 is 0 Å². The lowest BCUT2D eigenvalue weighted by Gasteiger charge is -2.03. The maximum atomic E-state index is 10.2. The van der Waals surface area contributed by atoms with Crippen molar-refractivity contribution in [3.8, 4) is 0 Å². The zero-order valence-corrected chi connectivity index (χ0v) is 5.92. The van der Waals surface area contributed by atoms with E-state index in [1.165, 1.54) is 12.8 Å². The van der Waals surface area contributed by atoms with E-state index in [9.17, 15) is 4.79 Å². The molecule has 1 aliphatic carbocycles. The van der Waals surface area contributed by atoms with Gasteiger partial charge in [-0.3, -0.25) is 4.79 Å². The molecule has 0 spiro atoms. The Hall–Kier alpha value is -0.570. The number of carboxylic acid groups (broad SMARTS) is 1. The van der Waals surface area contributed by atoms with Crippen LogP contribution in [0.4, 0.5) is 0 Å². The Balaban J connectivity index is 2.05. The Morgan fingerprint density at radius 2 is 2.30 bits per heavy atom. The van der Waals surface area contributed by atoms with Crippen LogP contribution in [0.15, 0.2) is 0 Å². The van der Waals surface area contributed by atoms with Crippen LogP contribution in [0.3, 0.4) is 0 Å². The lowest BCUT2D eigenvalue weighted by Crippen LogP contribution is -2.29. The summed E-state index contributed by atoms with van der Waals surface area (Å²) in [6.07, 6.45) is 4.17. The Morgan fingerprint density at radius 3 is 2.70 bits per heavy atom. The number of nitrogens with two attached hydrogens (primary N) is 1. The third-order valence-corrected chi connectivity index (χ3v) is 1.90. The van der Waals surface area contributed by atoms with Gasteiger partial charge in [0.25, 0.3) is 0 Å². The van der Waals surface area contributed by atoms with Gasteiger partial charge in [0.15, 0.2) is 0 Å². The Labute approximate surface area is 60.2 Å². The van der Waals surface area contributed by atoms with Gasteiger partial charge in [0.05, 0.1) is 0 Å². The molecule has 1 saturated carbocycles. The fraction of sp³-hybridized carbons (Fsp3) is 0.857. The SMILES string of the molecule is N[C@@H](CCC1CC1)C(=O)O. The highest BCUT2D eigenvalue weighted by atomic mass is 16.4. The molecule has 58 valence electrons. The molecule has 0 aromatic carbocycles. The highest BCUT2D eigenvalue weighted by Crippen LogP contribution is 2.33.